The molecule has 0 radical (unpaired) electrons. The smallest absolute Gasteiger partial charge is 0.226 e. The molecule has 5 heteroatoms. The molecule has 0 unspecified atom stereocenters. The average Bonchev–Trinajstić information content (AvgIpc) is 2.80. The van der Waals surface area contributed by atoms with Crippen molar-refractivity contribution in [3.05, 3.63) is 78.2 Å². The number of hydrogen-bond donors (Lipinski definition) is 0. The van der Waals surface area contributed by atoms with Gasteiger partial charge in [-0.3, -0.25) is 14.8 Å². The Kier molecular flexibility index (Phi) is 6.38. The molecule has 3 aromatic rings. The highest BCUT2D eigenvalue weighted by atomic mass is 16.5. The number of carbonyl (C=O) groups excluding carboxylic acids is 1. The van der Waals surface area contributed by atoms with Crippen LogP contribution in [-0.2, 0) is 4.79 Å². The van der Waals surface area contributed by atoms with E-state index in [-0.39, 0.29) is 11.8 Å². The molecule has 30 heavy (non-hydrogen) atoms. The molecule has 1 saturated heterocycles. The maximum Gasteiger partial charge on any atom is 0.226 e. The summed E-state index contributed by atoms with van der Waals surface area (Å²) < 4.78 is 5.70. The first-order valence-corrected chi connectivity index (χ1v) is 10.5. The molecular weight excluding hydrogens is 374 g/mol. The Morgan fingerprint density at radius 1 is 1.10 bits per heavy atom. The largest absolute Gasteiger partial charge is 0.493 e. The molecule has 0 spiro atoms. The van der Waals surface area contributed by atoms with E-state index >= 15 is 0 Å². The van der Waals surface area contributed by atoms with Crippen molar-refractivity contribution in [3.8, 4) is 17.0 Å². The van der Waals surface area contributed by atoms with E-state index in [1.54, 1.807) is 12.4 Å². The van der Waals surface area contributed by atoms with Gasteiger partial charge < -0.3 is 9.64 Å². The number of likely N-dealkylation sites (tertiary alicyclic amines) is 1. The maximum absolute atomic E-state index is 12.8. The first-order chi connectivity index (χ1) is 14.7. The fraction of sp³-hybridized carbons (Fsp3) is 0.320. The van der Waals surface area contributed by atoms with Gasteiger partial charge in [-0.25, -0.2) is 0 Å². The number of benzene rings is 2. The summed E-state index contributed by atoms with van der Waals surface area (Å²) in [5, 5.41) is 0. The molecule has 1 aliphatic heterocycles. The third kappa shape index (κ3) is 4.85. The predicted octanol–water partition coefficient (Wildman–Crippen LogP) is 4.63. The van der Waals surface area contributed by atoms with Crippen LogP contribution in [0.1, 0.15) is 36.4 Å². The number of aromatic nitrogens is 2. The topological polar surface area (TPSA) is 55.3 Å². The molecule has 0 bridgehead atoms. The molecule has 1 fully saturated rings. The van der Waals surface area contributed by atoms with E-state index in [1.165, 1.54) is 5.56 Å². The Bertz CT molecular complexity index is 990. The molecule has 1 aliphatic rings. The summed E-state index contributed by atoms with van der Waals surface area (Å²) in [6.07, 6.45) is 5.87. The van der Waals surface area contributed by atoms with Crippen LogP contribution >= 0.6 is 0 Å². The number of piperidine rings is 1. The van der Waals surface area contributed by atoms with Crippen molar-refractivity contribution in [1.82, 2.24) is 14.9 Å². The summed E-state index contributed by atoms with van der Waals surface area (Å²) in [7, 11) is 0. The summed E-state index contributed by atoms with van der Waals surface area (Å²) in [5.41, 5.74) is 4.19. The molecule has 1 atom stereocenters. The van der Waals surface area contributed by atoms with Gasteiger partial charge in [-0.2, -0.15) is 0 Å². The van der Waals surface area contributed by atoms with Crippen molar-refractivity contribution in [3.63, 3.8) is 0 Å². The lowest BCUT2D eigenvalue weighted by atomic mass is 9.91. The Morgan fingerprint density at radius 2 is 1.93 bits per heavy atom. The van der Waals surface area contributed by atoms with Crippen LogP contribution in [0, 0.1) is 6.92 Å². The quantitative estimate of drug-likeness (QED) is 0.604. The van der Waals surface area contributed by atoms with Gasteiger partial charge in [0, 0.05) is 37.0 Å². The number of aryl methyl sites for hydroxylation is 1. The van der Waals surface area contributed by atoms with Crippen molar-refractivity contribution in [2.75, 3.05) is 19.7 Å². The van der Waals surface area contributed by atoms with Gasteiger partial charge in [0.05, 0.1) is 24.4 Å². The number of hydrogen-bond acceptors (Lipinski definition) is 4. The summed E-state index contributed by atoms with van der Waals surface area (Å²) in [6.45, 7) is 3.95. The van der Waals surface area contributed by atoms with Gasteiger partial charge in [-0.1, -0.05) is 42.0 Å². The van der Waals surface area contributed by atoms with Crippen molar-refractivity contribution in [2.45, 2.75) is 32.1 Å². The van der Waals surface area contributed by atoms with Gasteiger partial charge in [-0.05, 0) is 38.0 Å². The summed E-state index contributed by atoms with van der Waals surface area (Å²) in [6, 6.07) is 18.0. The second-order valence-corrected chi connectivity index (χ2v) is 7.75. The second kappa shape index (κ2) is 9.53. The molecule has 0 N–H and O–H groups in total. The number of amides is 1. The Morgan fingerprint density at radius 3 is 2.77 bits per heavy atom. The molecule has 1 amide bonds. The second-order valence-electron chi connectivity index (χ2n) is 7.75. The van der Waals surface area contributed by atoms with Crippen LogP contribution < -0.4 is 4.74 Å². The van der Waals surface area contributed by atoms with E-state index in [0.717, 1.165) is 42.1 Å². The lowest BCUT2D eigenvalue weighted by Crippen LogP contribution is -2.40. The van der Waals surface area contributed by atoms with Gasteiger partial charge in [0.2, 0.25) is 5.91 Å². The van der Waals surface area contributed by atoms with Gasteiger partial charge in [0.25, 0.3) is 0 Å². The van der Waals surface area contributed by atoms with E-state index < -0.39 is 0 Å². The number of nitrogens with zero attached hydrogens (tertiary/aromatic N) is 3. The number of rotatable bonds is 6. The van der Waals surface area contributed by atoms with Crippen molar-refractivity contribution in [2.24, 2.45) is 0 Å². The highest BCUT2D eigenvalue weighted by molar-refractivity contribution is 5.76. The van der Waals surface area contributed by atoms with Crippen LogP contribution in [-0.4, -0.2) is 40.5 Å². The molecule has 4 rings (SSSR count). The minimum absolute atomic E-state index is 0.136. The van der Waals surface area contributed by atoms with E-state index in [9.17, 15) is 4.79 Å². The SMILES string of the molecule is Cc1cccc(-c2nccnc2[C@@H]2CCCN(C(=O)CCOc3ccccc3)C2)c1. The van der Waals surface area contributed by atoms with Crippen LogP contribution in [0.5, 0.6) is 5.75 Å². The molecule has 154 valence electrons. The zero-order valence-electron chi connectivity index (χ0n) is 17.3. The van der Waals surface area contributed by atoms with Crippen molar-refractivity contribution in [1.29, 1.82) is 0 Å². The molecule has 0 aliphatic carbocycles. The van der Waals surface area contributed by atoms with Gasteiger partial charge in [0.1, 0.15) is 5.75 Å². The standard InChI is InChI=1S/C25H27N3O2/c1-19-7-5-8-20(17-19)24-25(27-14-13-26-24)21-9-6-15-28(18-21)23(29)12-16-30-22-10-3-2-4-11-22/h2-5,7-8,10-11,13-14,17,21H,6,9,12,15-16,18H2,1H3/t21-/m1/s1. The van der Waals surface area contributed by atoms with Crippen LogP contribution in [0.2, 0.25) is 0 Å². The number of para-hydroxylation sites is 1. The van der Waals surface area contributed by atoms with Crippen LogP contribution in [0.15, 0.2) is 67.0 Å². The average molecular weight is 402 g/mol. The third-order valence-electron chi connectivity index (χ3n) is 5.51. The number of carbonyl (C=O) groups is 1. The minimum atomic E-state index is 0.136. The first kappa shape index (κ1) is 20.1. The molecule has 0 saturated carbocycles. The van der Waals surface area contributed by atoms with Crippen molar-refractivity contribution < 1.29 is 9.53 Å². The normalized spacial score (nSPS) is 16.3. The lowest BCUT2D eigenvalue weighted by molar-refractivity contribution is -0.132. The maximum atomic E-state index is 12.8. The van der Waals surface area contributed by atoms with E-state index in [2.05, 4.69) is 35.1 Å². The number of ether oxygens (including phenoxy) is 1. The van der Waals surface area contributed by atoms with Gasteiger partial charge >= 0.3 is 0 Å². The lowest BCUT2D eigenvalue weighted by Gasteiger charge is -2.33. The summed E-state index contributed by atoms with van der Waals surface area (Å²) in [5.74, 6) is 1.13. The Hall–Kier alpha value is -3.21. The summed E-state index contributed by atoms with van der Waals surface area (Å²) >= 11 is 0. The van der Waals surface area contributed by atoms with E-state index in [1.807, 2.05) is 41.3 Å². The molecule has 1 aromatic heterocycles. The monoisotopic (exact) mass is 401 g/mol. The summed E-state index contributed by atoms with van der Waals surface area (Å²) in [4.78, 5) is 24.0. The predicted molar refractivity (Wildman–Crippen MR) is 117 cm³/mol. The minimum Gasteiger partial charge on any atom is -0.493 e. The highest BCUT2D eigenvalue weighted by Crippen LogP contribution is 2.32. The van der Waals surface area contributed by atoms with E-state index in [4.69, 9.17) is 4.74 Å². The highest BCUT2D eigenvalue weighted by Gasteiger charge is 2.27. The zero-order chi connectivity index (χ0) is 20.8. The van der Waals surface area contributed by atoms with Crippen LogP contribution in [0.25, 0.3) is 11.3 Å². The van der Waals surface area contributed by atoms with Crippen LogP contribution in [0.3, 0.4) is 0 Å². The zero-order valence-corrected chi connectivity index (χ0v) is 17.3. The molecule has 2 heterocycles. The van der Waals surface area contributed by atoms with Gasteiger partial charge in [0.15, 0.2) is 0 Å². The Balaban J connectivity index is 1.42. The van der Waals surface area contributed by atoms with E-state index in [0.29, 0.717) is 19.6 Å². The Labute approximate surface area is 177 Å². The van der Waals surface area contributed by atoms with Crippen LogP contribution in [0.4, 0.5) is 0 Å². The van der Waals surface area contributed by atoms with Gasteiger partial charge in [-0.15, -0.1) is 0 Å². The fourth-order valence-electron chi connectivity index (χ4n) is 4.02. The molecular formula is C25H27N3O2. The fourth-order valence-corrected chi connectivity index (χ4v) is 4.02. The molecule has 5 nitrogen and oxygen atoms in total. The first-order valence-electron chi connectivity index (χ1n) is 10.5. The van der Waals surface area contributed by atoms with Crippen molar-refractivity contribution >= 4 is 5.91 Å². The molecule has 2 aromatic carbocycles. The third-order valence-corrected chi connectivity index (χ3v) is 5.51.